The van der Waals surface area contributed by atoms with E-state index in [4.69, 9.17) is 16.3 Å². The summed E-state index contributed by atoms with van der Waals surface area (Å²) in [5.41, 5.74) is 2.36. The molecule has 0 unspecified atom stereocenters. The lowest BCUT2D eigenvalue weighted by Crippen LogP contribution is -2.21. The fourth-order valence-corrected chi connectivity index (χ4v) is 3.28. The molecule has 1 atom stereocenters. The first-order chi connectivity index (χ1) is 14.5. The highest BCUT2D eigenvalue weighted by Crippen LogP contribution is 2.27. The number of nitrogens with one attached hydrogen (secondary N) is 2. The Morgan fingerprint density at radius 2 is 1.67 bits per heavy atom. The zero-order valence-electron chi connectivity index (χ0n) is 16.8. The zero-order chi connectivity index (χ0) is 21.5. The monoisotopic (exact) mass is 422 g/mol. The summed E-state index contributed by atoms with van der Waals surface area (Å²) in [7, 11) is 1.58. The van der Waals surface area contributed by atoms with Crippen LogP contribution in [-0.2, 0) is 4.79 Å². The standard InChI is InChI=1S/C24H23ClN2O3/c1-3-20(16-7-5-4-6-8-16)24(29)27-22-15-17(9-14-21(22)25)23(28)26-18-10-12-19(30-2)13-11-18/h4-15,20H,3H2,1-2H3,(H,26,28)(H,27,29)/t20-/m0/s1. The third kappa shape index (κ3) is 5.19. The van der Waals surface area contributed by atoms with E-state index < -0.39 is 0 Å². The minimum Gasteiger partial charge on any atom is -0.497 e. The van der Waals surface area contributed by atoms with E-state index >= 15 is 0 Å². The Morgan fingerprint density at radius 1 is 0.967 bits per heavy atom. The van der Waals surface area contributed by atoms with Gasteiger partial charge in [0.1, 0.15) is 5.75 Å². The van der Waals surface area contributed by atoms with Crippen LogP contribution in [0.15, 0.2) is 72.8 Å². The summed E-state index contributed by atoms with van der Waals surface area (Å²) in [6.45, 7) is 1.96. The molecule has 0 aromatic heterocycles. The molecule has 0 bridgehead atoms. The molecule has 0 aliphatic heterocycles. The Morgan fingerprint density at radius 3 is 2.30 bits per heavy atom. The van der Waals surface area contributed by atoms with Gasteiger partial charge in [-0.25, -0.2) is 0 Å². The number of benzene rings is 3. The van der Waals surface area contributed by atoms with Crippen LogP contribution in [0, 0.1) is 0 Å². The summed E-state index contributed by atoms with van der Waals surface area (Å²) < 4.78 is 5.12. The van der Waals surface area contributed by atoms with Gasteiger partial charge < -0.3 is 15.4 Å². The summed E-state index contributed by atoms with van der Waals surface area (Å²) in [6, 6.07) is 21.4. The van der Waals surface area contributed by atoms with Gasteiger partial charge in [-0.3, -0.25) is 9.59 Å². The first-order valence-corrected chi connectivity index (χ1v) is 10.0. The number of hydrogen-bond acceptors (Lipinski definition) is 3. The molecule has 3 aromatic rings. The number of anilines is 2. The average Bonchev–Trinajstić information content (AvgIpc) is 2.77. The van der Waals surface area contributed by atoms with Crippen molar-refractivity contribution in [3.8, 4) is 5.75 Å². The molecule has 0 saturated heterocycles. The van der Waals surface area contributed by atoms with E-state index in [1.54, 1.807) is 49.6 Å². The second-order valence-corrected chi connectivity index (χ2v) is 7.15. The van der Waals surface area contributed by atoms with Crippen LogP contribution in [0.3, 0.4) is 0 Å². The number of amides is 2. The fourth-order valence-electron chi connectivity index (χ4n) is 3.12. The van der Waals surface area contributed by atoms with E-state index in [0.717, 1.165) is 5.56 Å². The van der Waals surface area contributed by atoms with Crippen LogP contribution < -0.4 is 15.4 Å². The minimum absolute atomic E-state index is 0.168. The van der Waals surface area contributed by atoms with Gasteiger partial charge in [-0.2, -0.15) is 0 Å². The number of carbonyl (C=O) groups is 2. The van der Waals surface area contributed by atoms with E-state index in [9.17, 15) is 9.59 Å². The van der Waals surface area contributed by atoms with Crippen LogP contribution >= 0.6 is 11.6 Å². The molecule has 0 fully saturated rings. The van der Waals surface area contributed by atoms with Crippen LogP contribution in [0.1, 0.15) is 35.2 Å². The van der Waals surface area contributed by atoms with Crippen LogP contribution in [0.4, 0.5) is 11.4 Å². The maximum atomic E-state index is 12.8. The molecule has 2 amide bonds. The smallest absolute Gasteiger partial charge is 0.255 e. The van der Waals surface area contributed by atoms with Crippen molar-refractivity contribution in [2.45, 2.75) is 19.3 Å². The van der Waals surface area contributed by atoms with Gasteiger partial charge in [-0.15, -0.1) is 0 Å². The van der Waals surface area contributed by atoms with E-state index in [1.165, 1.54) is 0 Å². The number of methoxy groups -OCH3 is 1. The maximum Gasteiger partial charge on any atom is 0.255 e. The Balaban J connectivity index is 1.75. The summed E-state index contributed by atoms with van der Waals surface area (Å²) in [5, 5.41) is 6.05. The topological polar surface area (TPSA) is 67.4 Å². The van der Waals surface area contributed by atoms with Gasteiger partial charge >= 0.3 is 0 Å². The predicted octanol–water partition coefficient (Wildman–Crippen LogP) is 5.73. The lowest BCUT2D eigenvalue weighted by Gasteiger charge is -2.16. The normalized spacial score (nSPS) is 11.4. The highest BCUT2D eigenvalue weighted by atomic mass is 35.5. The summed E-state index contributed by atoms with van der Waals surface area (Å²) in [4.78, 5) is 25.5. The second kappa shape index (κ2) is 9.94. The summed E-state index contributed by atoms with van der Waals surface area (Å²) in [6.07, 6.45) is 0.644. The van der Waals surface area contributed by atoms with Gasteiger partial charge in [0.2, 0.25) is 5.91 Å². The molecule has 3 rings (SSSR count). The molecule has 5 nitrogen and oxygen atoms in total. The number of hydrogen-bond donors (Lipinski definition) is 2. The molecule has 30 heavy (non-hydrogen) atoms. The third-order valence-corrected chi connectivity index (χ3v) is 5.09. The number of rotatable bonds is 7. The number of halogens is 1. The number of ether oxygens (including phenoxy) is 1. The lowest BCUT2D eigenvalue weighted by atomic mass is 9.95. The van der Waals surface area contributed by atoms with E-state index in [2.05, 4.69) is 10.6 Å². The van der Waals surface area contributed by atoms with Gasteiger partial charge in [-0.05, 0) is 54.4 Å². The molecule has 0 spiro atoms. The minimum atomic E-state index is -0.306. The van der Waals surface area contributed by atoms with Crippen molar-refractivity contribution in [2.24, 2.45) is 0 Å². The molecule has 154 valence electrons. The predicted molar refractivity (Wildman–Crippen MR) is 121 cm³/mol. The number of carbonyl (C=O) groups excluding carboxylic acids is 2. The molecule has 0 radical (unpaired) electrons. The zero-order valence-corrected chi connectivity index (χ0v) is 17.6. The first-order valence-electron chi connectivity index (χ1n) is 9.62. The van der Waals surface area contributed by atoms with Crippen molar-refractivity contribution < 1.29 is 14.3 Å². The molecule has 0 saturated carbocycles. The van der Waals surface area contributed by atoms with Crippen molar-refractivity contribution in [1.29, 1.82) is 0 Å². The average molecular weight is 423 g/mol. The van der Waals surface area contributed by atoms with E-state index in [0.29, 0.717) is 34.1 Å². The van der Waals surface area contributed by atoms with Crippen molar-refractivity contribution >= 4 is 34.8 Å². The molecule has 6 heteroatoms. The Kier molecular flexibility index (Phi) is 7.09. The van der Waals surface area contributed by atoms with Gasteiger partial charge in [0.15, 0.2) is 0 Å². The van der Waals surface area contributed by atoms with Gasteiger partial charge in [0, 0.05) is 11.3 Å². The molecular formula is C24H23ClN2O3. The first kappa shape index (κ1) is 21.4. The SMILES string of the molecule is CC[C@H](C(=O)Nc1cc(C(=O)Nc2ccc(OC)cc2)ccc1Cl)c1ccccc1. The second-order valence-electron chi connectivity index (χ2n) is 6.74. The molecular weight excluding hydrogens is 400 g/mol. The van der Waals surface area contributed by atoms with Gasteiger partial charge in [0.25, 0.3) is 5.91 Å². The largest absolute Gasteiger partial charge is 0.497 e. The van der Waals surface area contributed by atoms with Crippen molar-refractivity contribution in [3.63, 3.8) is 0 Å². The third-order valence-electron chi connectivity index (χ3n) is 4.76. The highest BCUT2D eigenvalue weighted by Gasteiger charge is 2.20. The van der Waals surface area contributed by atoms with Crippen LogP contribution in [0.25, 0.3) is 0 Å². The molecule has 0 aliphatic rings. The van der Waals surface area contributed by atoms with Crippen LogP contribution in [-0.4, -0.2) is 18.9 Å². The van der Waals surface area contributed by atoms with E-state index in [-0.39, 0.29) is 17.7 Å². The van der Waals surface area contributed by atoms with Gasteiger partial charge in [-0.1, -0.05) is 48.9 Å². The van der Waals surface area contributed by atoms with Crippen LogP contribution in [0.2, 0.25) is 5.02 Å². The van der Waals surface area contributed by atoms with Crippen molar-refractivity contribution in [3.05, 3.63) is 88.9 Å². The fraction of sp³-hybridized carbons (Fsp3) is 0.167. The Bertz CT molecular complexity index is 1020. The Labute approximate surface area is 181 Å². The molecule has 0 heterocycles. The maximum absolute atomic E-state index is 12.8. The van der Waals surface area contributed by atoms with Crippen molar-refractivity contribution in [2.75, 3.05) is 17.7 Å². The highest BCUT2D eigenvalue weighted by molar-refractivity contribution is 6.34. The Hall–Kier alpha value is -3.31. The van der Waals surface area contributed by atoms with E-state index in [1.807, 2.05) is 37.3 Å². The van der Waals surface area contributed by atoms with Crippen molar-refractivity contribution in [1.82, 2.24) is 0 Å². The van der Waals surface area contributed by atoms with Gasteiger partial charge in [0.05, 0.1) is 23.7 Å². The van der Waals surface area contributed by atoms with Crippen LogP contribution in [0.5, 0.6) is 5.75 Å². The molecule has 0 aliphatic carbocycles. The summed E-state index contributed by atoms with van der Waals surface area (Å²) >= 11 is 6.27. The molecule has 2 N–H and O–H groups in total. The lowest BCUT2D eigenvalue weighted by molar-refractivity contribution is -0.117. The molecule has 3 aromatic carbocycles. The summed E-state index contributed by atoms with van der Waals surface area (Å²) in [5.74, 6) is -0.0758. The quantitative estimate of drug-likeness (QED) is 0.510.